The molecule has 2 heterocycles. The van der Waals surface area contributed by atoms with E-state index in [1.165, 1.54) is 18.0 Å². The smallest absolute Gasteiger partial charge is 0.325 e. The van der Waals surface area contributed by atoms with Crippen molar-refractivity contribution >= 4 is 22.7 Å². The highest BCUT2D eigenvalue weighted by molar-refractivity contribution is 6.14. The van der Waals surface area contributed by atoms with Gasteiger partial charge in [-0.25, -0.2) is 0 Å². The number of benzene rings is 1. The van der Waals surface area contributed by atoms with Gasteiger partial charge in [0.1, 0.15) is 18.0 Å². The Morgan fingerprint density at radius 1 is 1.21 bits per heavy atom. The lowest BCUT2D eigenvalue weighted by molar-refractivity contribution is -0.137. The number of carboxylic acids is 1. The van der Waals surface area contributed by atoms with Gasteiger partial charge in [-0.05, 0) is 24.3 Å². The molecule has 8 nitrogen and oxygen atoms in total. The van der Waals surface area contributed by atoms with Crippen molar-refractivity contribution < 1.29 is 24.5 Å². The minimum absolute atomic E-state index is 0.0701. The molecule has 0 atom stereocenters. The number of methoxy groups -OCH3 is 1. The van der Waals surface area contributed by atoms with Crippen molar-refractivity contribution in [1.82, 2.24) is 14.8 Å². The van der Waals surface area contributed by atoms with Gasteiger partial charge >= 0.3 is 5.97 Å². The van der Waals surface area contributed by atoms with Gasteiger partial charge in [-0.15, -0.1) is 0 Å². The van der Waals surface area contributed by atoms with Gasteiger partial charge in [-0.1, -0.05) is 13.8 Å². The fourth-order valence-electron chi connectivity index (χ4n) is 2.84. The number of aliphatic hydroxyl groups excluding tert-OH is 1. The number of hydrogen-bond donors (Lipinski definition) is 2. The molecule has 0 aliphatic heterocycles. The molecule has 2 N–H and O–H groups in total. The maximum Gasteiger partial charge on any atom is 0.325 e. The minimum atomic E-state index is -1.07. The molecule has 0 bridgehead atoms. The first-order valence-electron chi connectivity index (χ1n) is 8.65. The van der Waals surface area contributed by atoms with Gasteiger partial charge in [0, 0.05) is 34.3 Å². The second-order valence-corrected chi connectivity index (χ2v) is 7.09. The van der Waals surface area contributed by atoms with Gasteiger partial charge in [-0.2, -0.15) is 5.10 Å². The van der Waals surface area contributed by atoms with Gasteiger partial charge < -0.3 is 14.9 Å². The van der Waals surface area contributed by atoms with Crippen LogP contribution >= 0.6 is 0 Å². The van der Waals surface area contributed by atoms with E-state index in [1.807, 2.05) is 13.8 Å². The van der Waals surface area contributed by atoms with Gasteiger partial charge in [0.2, 0.25) is 5.78 Å². The summed E-state index contributed by atoms with van der Waals surface area (Å²) in [5.74, 6) is -0.890. The number of aliphatic carboxylic acids is 1. The number of carboxylic acid groups (broad SMARTS) is 1. The first-order valence-corrected chi connectivity index (χ1v) is 8.65. The number of carbonyl (C=O) groups is 2. The number of pyridine rings is 1. The molecule has 8 heteroatoms. The molecule has 3 aromatic rings. The van der Waals surface area contributed by atoms with E-state index in [0.717, 1.165) is 0 Å². The molecule has 0 saturated carbocycles. The number of ketones is 1. The van der Waals surface area contributed by atoms with E-state index >= 15 is 0 Å². The fraction of sp³-hybridized carbons (Fsp3) is 0.300. The van der Waals surface area contributed by atoms with Crippen LogP contribution in [0.1, 0.15) is 35.6 Å². The summed E-state index contributed by atoms with van der Waals surface area (Å²) >= 11 is 0. The van der Waals surface area contributed by atoms with Crippen molar-refractivity contribution in [1.29, 1.82) is 0 Å². The quantitative estimate of drug-likeness (QED) is 0.600. The summed E-state index contributed by atoms with van der Waals surface area (Å²) in [6.45, 7) is 3.26. The molecule has 0 spiro atoms. The van der Waals surface area contributed by atoms with Gasteiger partial charge in [0.25, 0.3) is 0 Å². The van der Waals surface area contributed by atoms with Crippen LogP contribution in [0.15, 0.2) is 36.5 Å². The number of ether oxygens (including phenoxy) is 1. The lowest BCUT2D eigenvalue weighted by atomic mass is 9.89. The third-order valence-electron chi connectivity index (χ3n) is 4.57. The maximum absolute atomic E-state index is 13.0. The lowest BCUT2D eigenvalue weighted by Crippen LogP contribution is -2.23. The Morgan fingerprint density at radius 2 is 1.96 bits per heavy atom. The highest BCUT2D eigenvalue weighted by Gasteiger charge is 2.23. The van der Waals surface area contributed by atoms with Crippen molar-refractivity contribution in [2.24, 2.45) is 0 Å². The Morgan fingerprint density at radius 3 is 2.54 bits per heavy atom. The van der Waals surface area contributed by atoms with E-state index in [4.69, 9.17) is 9.84 Å². The minimum Gasteiger partial charge on any atom is -0.497 e. The van der Waals surface area contributed by atoms with E-state index in [-0.39, 0.29) is 24.6 Å². The molecule has 2 aromatic heterocycles. The molecular formula is C20H21N3O5. The van der Waals surface area contributed by atoms with Crippen LogP contribution in [0.25, 0.3) is 10.9 Å². The van der Waals surface area contributed by atoms with Crippen molar-refractivity contribution in [2.45, 2.75) is 25.8 Å². The average Bonchev–Trinajstić information content (AvgIpc) is 3.04. The van der Waals surface area contributed by atoms with E-state index < -0.39 is 11.4 Å². The normalized spacial score (nSPS) is 11.6. The van der Waals surface area contributed by atoms with E-state index in [0.29, 0.717) is 27.9 Å². The highest BCUT2D eigenvalue weighted by Crippen LogP contribution is 2.26. The van der Waals surface area contributed by atoms with Crippen LogP contribution in [-0.4, -0.2) is 50.4 Å². The molecular weight excluding hydrogens is 362 g/mol. The van der Waals surface area contributed by atoms with Crippen LogP contribution in [0.5, 0.6) is 5.75 Å². The molecule has 0 aliphatic carbocycles. The summed E-state index contributed by atoms with van der Waals surface area (Å²) in [6.07, 6.45) is 1.45. The van der Waals surface area contributed by atoms with Crippen molar-refractivity contribution in [3.63, 3.8) is 0 Å². The molecule has 1 aromatic carbocycles. The molecule has 0 amide bonds. The van der Waals surface area contributed by atoms with Crippen LogP contribution in [0.4, 0.5) is 0 Å². The molecule has 28 heavy (non-hydrogen) atoms. The predicted octanol–water partition coefficient (Wildman–Crippen LogP) is 2.03. The summed E-state index contributed by atoms with van der Waals surface area (Å²) in [6, 6.07) is 8.35. The summed E-state index contributed by atoms with van der Waals surface area (Å²) in [7, 11) is 1.51. The molecule has 0 aliphatic rings. The Hall–Kier alpha value is -3.26. The number of fused-ring (bicyclic) bond motifs is 1. The zero-order chi connectivity index (χ0) is 20.5. The third-order valence-corrected chi connectivity index (χ3v) is 4.57. The van der Waals surface area contributed by atoms with Crippen LogP contribution in [-0.2, 0) is 16.8 Å². The molecule has 0 saturated heterocycles. The second kappa shape index (κ2) is 7.40. The summed E-state index contributed by atoms with van der Waals surface area (Å²) in [4.78, 5) is 28.5. The lowest BCUT2D eigenvalue weighted by Gasteiger charge is -2.20. The maximum atomic E-state index is 13.0. The summed E-state index contributed by atoms with van der Waals surface area (Å²) in [5.41, 5.74) is 1.12. The van der Waals surface area contributed by atoms with E-state index in [9.17, 15) is 14.7 Å². The number of nitrogens with zero attached hydrogens (tertiary/aromatic N) is 3. The van der Waals surface area contributed by atoms with Crippen molar-refractivity contribution in [3.8, 4) is 5.75 Å². The van der Waals surface area contributed by atoms with Crippen LogP contribution in [0, 0.1) is 0 Å². The molecule has 0 unspecified atom stereocenters. The van der Waals surface area contributed by atoms with Crippen molar-refractivity contribution in [3.05, 3.63) is 53.5 Å². The monoisotopic (exact) mass is 383 g/mol. The van der Waals surface area contributed by atoms with Gasteiger partial charge in [0.05, 0.1) is 19.2 Å². The number of hydrogen-bond acceptors (Lipinski definition) is 6. The van der Waals surface area contributed by atoms with Gasteiger partial charge in [-0.3, -0.25) is 19.3 Å². The zero-order valence-corrected chi connectivity index (χ0v) is 15.8. The highest BCUT2D eigenvalue weighted by atomic mass is 16.5. The largest absolute Gasteiger partial charge is 0.497 e. The number of aliphatic hydroxyl groups is 1. The number of aromatic nitrogens is 3. The topological polar surface area (TPSA) is 115 Å². The standard InChI is InChI=1S/C20H21N3O5/c1-20(2,11-24)16-7-4-12(9-21-16)19(27)18-14-6-5-13(28-3)8-15(14)23(22-18)10-17(25)26/h4-9,24H,10-11H2,1-3H3,(H,25,26). The average molecular weight is 383 g/mol. The Balaban J connectivity index is 2.05. The number of rotatable bonds is 7. The van der Waals surface area contributed by atoms with Crippen LogP contribution < -0.4 is 4.74 Å². The SMILES string of the molecule is COc1ccc2c(C(=O)c3ccc(C(C)(C)CO)nc3)nn(CC(=O)O)c2c1. The summed E-state index contributed by atoms with van der Waals surface area (Å²) in [5, 5.41) is 23.4. The second-order valence-electron chi connectivity index (χ2n) is 7.09. The number of carbonyl (C=O) groups excluding carboxylic acids is 1. The third kappa shape index (κ3) is 3.59. The van der Waals surface area contributed by atoms with E-state index in [2.05, 4.69) is 10.1 Å². The first kappa shape index (κ1) is 19.5. The summed E-state index contributed by atoms with van der Waals surface area (Å²) < 4.78 is 6.46. The molecule has 3 rings (SSSR count). The Kier molecular flexibility index (Phi) is 5.15. The van der Waals surface area contributed by atoms with E-state index in [1.54, 1.807) is 30.3 Å². The van der Waals surface area contributed by atoms with Crippen molar-refractivity contribution in [2.75, 3.05) is 13.7 Å². The molecule has 0 radical (unpaired) electrons. The molecule has 0 fully saturated rings. The Labute approximate surface area is 161 Å². The van der Waals surface area contributed by atoms with Gasteiger partial charge in [0.15, 0.2) is 0 Å². The predicted molar refractivity (Wildman–Crippen MR) is 102 cm³/mol. The first-order chi connectivity index (χ1) is 13.3. The Bertz CT molecular complexity index is 1040. The van der Waals surface area contributed by atoms with Crippen LogP contribution in [0.2, 0.25) is 0 Å². The molecule has 146 valence electrons. The van der Waals surface area contributed by atoms with Crippen LogP contribution in [0.3, 0.4) is 0 Å². The zero-order valence-electron chi connectivity index (χ0n) is 15.8. The fourth-order valence-corrected chi connectivity index (χ4v) is 2.84.